The van der Waals surface area contributed by atoms with Crippen LogP contribution in [-0.2, 0) is 5.41 Å². The molecule has 1 N–H and O–H groups in total. The zero-order valence-electron chi connectivity index (χ0n) is 12.6. The second-order valence-corrected chi connectivity index (χ2v) is 6.56. The molecule has 0 spiro atoms. The van der Waals surface area contributed by atoms with Crippen LogP contribution in [-0.4, -0.2) is 31.2 Å². The summed E-state index contributed by atoms with van der Waals surface area (Å²) in [5.41, 5.74) is 1.56. The summed E-state index contributed by atoms with van der Waals surface area (Å²) in [6.45, 7) is 10.9. The zero-order valence-corrected chi connectivity index (χ0v) is 12.6. The number of anilines is 1. The molecule has 106 valence electrons. The Morgan fingerprint density at radius 2 is 1.85 bits per heavy atom. The van der Waals surface area contributed by atoms with E-state index in [2.05, 4.69) is 60.2 Å². The fourth-order valence-electron chi connectivity index (χ4n) is 2.76. The van der Waals surface area contributed by atoms with Gasteiger partial charge in [-0.3, -0.25) is 0 Å². The second kappa shape index (κ2) is 5.06. The SMILES string of the molecule is CC(C)(C)c1ccc2c(N3CCNCC3)nccc2c1. The normalized spacial score (nSPS) is 16.6. The van der Waals surface area contributed by atoms with Crippen molar-refractivity contribution >= 4 is 16.6 Å². The average Bonchev–Trinajstić information content (AvgIpc) is 2.46. The smallest absolute Gasteiger partial charge is 0.136 e. The van der Waals surface area contributed by atoms with Gasteiger partial charge in [0.05, 0.1) is 0 Å². The molecule has 1 aromatic heterocycles. The molecule has 3 rings (SSSR count). The quantitative estimate of drug-likeness (QED) is 0.862. The van der Waals surface area contributed by atoms with Gasteiger partial charge in [-0.1, -0.05) is 39.0 Å². The predicted molar refractivity (Wildman–Crippen MR) is 85.5 cm³/mol. The molecule has 1 aromatic carbocycles. The van der Waals surface area contributed by atoms with Crippen molar-refractivity contribution in [1.29, 1.82) is 0 Å². The van der Waals surface area contributed by atoms with Crippen LogP contribution in [0.25, 0.3) is 10.8 Å². The lowest BCUT2D eigenvalue weighted by atomic mass is 9.86. The number of benzene rings is 1. The van der Waals surface area contributed by atoms with Gasteiger partial charge < -0.3 is 10.2 Å². The second-order valence-electron chi connectivity index (χ2n) is 6.56. The lowest BCUT2D eigenvalue weighted by molar-refractivity contribution is 0.586. The molecule has 1 saturated heterocycles. The highest BCUT2D eigenvalue weighted by atomic mass is 15.2. The van der Waals surface area contributed by atoms with Crippen molar-refractivity contribution in [3.63, 3.8) is 0 Å². The standard InChI is InChI=1S/C17H23N3/c1-17(2,3)14-4-5-15-13(12-14)6-7-19-16(15)20-10-8-18-9-11-20/h4-7,12,18H,8-11H2,1-3H3. The minimum atomic E-state index is 0.187. The fraction of sp³-hybridized carbons (Fsp3) is 0.471. The maximum Gasteiger partial charge on any atom is 0.136 e. The third kappa shape index (κ3) is 2.50. The summed E-state index contributed by atoms with van der Waals surface area (Å²) in [5, 5.41) is 5.95. The molecule has 0 unspecified atom stereocenters. The molecule has 0 saturated carbocycles. The first-order valence-corrected chi connectivity index (χ1v) is 7.41. The molecule has 3 nitrogen and oxygen atoms in total. The van der Waals surface area contributed by atoms with E-state index in [1.807, 2.05) is 6.20 Å². The van der Waals surface area contributed by atoms with Crippen LogP contribution < -0.4 is 10.2 Å². The van der Waals surface area contributed by atoms with Gasteiger partial charge >= 0.3 is 0 Å². The highest BCUT2D eigenvalue weighted by molar-refractivity contribution is 5.92. The van der Waals surface area contributed by atoms with Crippen molar-refractivity contribution in [2.45, 2.75) is 26.2 Å². The first-order chi connectivity index (χ1) is 9.55. The summed E-state index contributed by atoms with van der Waals surface area (Å²) in [6.07, 6.45) is 1.94. The van der Waals surface area contributed by atoms with E-state index in [9.17, 15) is 0 Å². The number of hydrogen-bond donors (Lipinski definition) is 1. The number of aromatic nitrogens is 1. The van der Waals surface area contributed by atoms with Gasteiger partial charge in [0.1, 0.15) is 5.82 Å². The van der Waals surface area contributed by atoms with Crippen molar-refractivity contribution in [3.05, 3.63) is 36.0 Å². The minimum Gasteiger partial charge on any atom is -0.354 e. The van der Waals surface area contributed by atoms with E-state index in [1.165, 1.54) is 16.3 Å². The first-order valence-electron chi connectivity index (χ1n) is 7.41. The number of hydrogen-bond acceptors (Lipinski definition) is 3. The van der Waals surface area contributed by atoms with Gasteiger partial charge in [0.2, 0.25) is 0 Å². The van der Waals surface area contributed by atoms with E-state index in [4.69, 9.17) is 0 Å². The number of pyridine rings is 1. The average molecular weight is 269 g/mol. The van der Waals surface area contributed by atoms with Gasteiger partial charge in [0, 0.05) is 37.8 Å². The lowest BCUT2D eigenvalue weighted by Crippen LogP contribution is -2.43. The van der Waals surface area contributed by atoms with Crippen molar-refractivity contribution in [3.8, 4) is 0 Å². The van der Waals surface area contributed by atoms with Crippen LogP contribution in [0, 0.1) is 0 Å². The number of fused-ring (bicyclic) bond motifs is 1. The van der Waals surface area contributed by atoms with E-state index < -0.39 is 0 Å². The summed E-state index contributed by atoms with van der Waals surface area (Å²) in [5.74, 6) is 1.13. The van der Waals surface area contributed by atoms with E-state index in [1.54, 1.807) is 0 Å². The highest BCUT2D eigenvalue weighted by Crippen LogP contribution is 2.30. The summed E-state index contributed by atoms with van der Waals surface area (Å²) in [6, 6.07) is 8.91. The number of nitrogens with zero attached hydrogens (tertiary/aromatic N) is 2. The Morgan fingerprint density at radius 1 is 1.10 bits per heavy atom. The number of rotatable bonds is 1. The molecule has 0 aliphatic carbocycles. The topological polar surface area (TPSA) is 28.2 Å². The van der Waals surface area contributed by atoms with Crippen LogP contribution in [0.1, 0.15) is 26.3 Å². The van der Waals surface area contributed by atoms with Crippen molar-refractivity contribution in [2.24, 2.45) is 0 Å². The van der Waals surface area contributed by atoms with Gasteiger partial charge in [0.15, 0.2) is 0 Å². The molecule has 1 aliphatic heterocycles. The third-order valence-corrected chi connectivity index (χ3v) is 4.03. The maximum atomic E-state index is 4.62. The Labute approximate surface area is 121 Å². The summed E-state index contributed by atoms with van der Waals surface area (Å²) in [7, 11) is 0. The minimum absolute atomic E-state index is 0.187. The molecular weight excluding hydrogens is 246 g/mol. The van der Waals surface area contributed by atoms with Crippen LogP contribution in [0.5, 0.6) is 0 Å². The van der Waals surface area contributed by atoms with Crippen LogP contribution in [0.2, 0.25) is 0 Å². The third-order valence-electron chi connectivity index (χ3n) is 4.03. The van der Waals surface area contributed by atoms with Gasteiger partial charge in [-0.25, -0.2) is 4.98 Å². The first kappa shape index (κ1) is 13.4. The Kier molecular flexibility index (Phi) is 3.38. The van der Waals surface area contributed by atoms with E-state index in [-0.39, 0.29) is 5.41 Å². The summed E-state index contributed by atoms with van der Waals surface area (Å²) in [4.78, 5) is 7.01. The Morgan fingerprint density at radius 3 is 2.55 bits per heavy atom. The lowest BCUT2D eigenvalue weighted by Gasteiger charge is -2.29. The molecule has 20 heavy (non-hydrogen) atoms. The van der Waals surface area contributed by atoms with E-state index in [0.29, 0.717) is 0 Å². The van der Waals surface area contributed by atoms with Crippen molar-refractivity contribution < 1.29 is 0 Å². The Hall–Kier alpha value is -1.61. The molecule has 0 bridgehead atoms. The molecule has 2 aromatic rings. The largest absolute Gasteiger partial charge is 0.354 e. The van der Waals surface area contributed by atoms with Gasteiger partial charge in [-0.15, -0.1) is 0 Å². The zero-order chi connectivity index (χ0) is 14.2. The van der Waals surface area contributed by atoms with Gasteiger partial charge in [-0.05, 0) is 22.4 Å². The molecule has 0 amide bonds. The van der Waals surface area contributed by atoms with Crippen LogP contribution in [0.3, 0.4) is 0 Å². The number of piperazine rings is 1. The van der Waals surface area contributed by atoms with Gasteiger partial charge in [-0.2, -0.15) is 0 Å². The van der Waals surface area contributed by atoms with Crippen LogP contribution >= 0.6 is 0 Å². The van der Waals surface area contributed by atoms with Crippen molar-refractivity contribution in [1.82, 2.24) is 10.3 Å². The number of nitrogens with one attached hydrogen (secondary N) is 1. The molecule has 2 heterocycles. The molecule has 1 fully saturated rings. The van der Waals surface area contributed by atoms with E-state index in [0.717, 1.165) is 32.0 Å². The van der Waals surface area contributed by atoms with E-state index >= 15 is 0 Å². The molecule has 1 aliphatic rings. The monoisotopic (exact) mass is 269 g/mol. The predicted octanol–water partition coefficient (Wildman–Crippen LogP) is 2.94. The summed E-state index contributed by atoms with van der Waals surface area (Å²) >= 11 is 0. The fourth-order valence-corrected chi connectivity index (χ4v) is 2.76. The highest BCUT2D eigenvalue weighted by Gasteiger charge is 2.17. The van der Waals surface area contributed by atoms with Crippen LogP contribution in [0.15, 0.2) is 30.5 Å². The molecule has 3 heteroatoms. The van der Waals surface area contributed by atoms with Crippen molar-refractivity contribution in [2.75, 3.05) is 31.1 Å². The molecule has 0 radical (unpaired) electrons. The molecule has 0 atom stereocenters. The van der Waals surface area contributed by atoms with Gasteiger partial charge in [0.25, 0.3) is 0 Å². The Balaban J connectivity index is 2.06. The van der Waals surface area contributed by atoms with Crippen LogP contribution in [0.4, 0.5) is 5.82 Å². The summed E-state index contributed by atoms with van der Waals surface area (Å²) < 4.78 is 0. The Bertz CT molecular complexity index is 607. The molecular formula is C17H23N3. The maximum absolute atomic E-state index is 4.62.